The van der Waals surface area contributed by atoms with Crippen molar-refractivity contribution in [2.75, 3.05) is 6.61 Å². The summed E-state index contributed by atoms with van der Waals surface area (Å²) in [4.78, 5) is 0. The monoisotopic (exact) mass is 208 g/mol. The standard InChI is InChI=1S/C14H24O/c1-10-5-4-8-14(3)12(10)6-7-13(14)11(2)9-15/h11-13,15H,1,4-9H2,2-3H3/t11-,12+,13-,14?/m1/s1. The van der Waals surface area contributed by atoms with Crippen molar-refractivity contribution in [2.24, 2.45) is 23.2 Å². The fourth-order valence-corrected chi connectivity index (χ4v) is 4.23. The third-order valence-corrected chi connectivity index (χ3v) is 5.09. The Labute approximate surface area is 93.6 Å². The van der Waals surface area contributed by atoms with Gasteiger partial charge in [0.1, 0.15) is 0 Å². The summed E-state index contributed by atoms with van der Waals surface area (Å²) in [5.41, 5.74) is 1.92. The summed E-state index contributed by atoms with van der Waals surface area (Å²) in [6.07, 6.45) is 6.49. The van der Waals surface area contributed by atoms with Gasteiger partial charge in [-0.1, -0.05) is 26.0 Å². The van der Waals surface area contributed by atoms with Gasteiger partial charge in [-0.3, -0.25) is 0 Å². The molecule has 0 amide bonds. The zero-order chi connectivity index (χ0) is 11.1. The molecule has 2 fully saturated rings. The first kappa shape index (κ1) is 11.2. The SMILES string of the molecule is C=C1CCCC2(C)[C@@H]([C@H](C)CO)CC[C@@H]12. The molecule has 0 spiro atoms. The van der Waals surface area contributed by atoms with Crippen LogP contribution in [0.15, 0.2) is 12.2 Å². The van der Waals surface area contributed by atoms with Gasteiger partial charge in [0.2, 0.25) is 0 Å². The van der Waals surface area contributed by atoms with E-state index in [2.05, 4.69) is 20.4 Å². The fraction of sp³-hybridized carbons (Fsp3) is 0.857. The highest BCUT2D eigenvalue weighted by molar-refractivity contribution is 5.15. The minimum atomic E-state index is 0.347. The second-order valence-electron chi connectivity index (χ2n) is 5.91. The van der Waals surface area contributed by atoms with E-state index in [1.165, 1.54) is 37.7 Å². The van der Waals surface area contributed by atoms with Crippen LogP contribution in [0.25, 0.3) is 0 Å². The lowest BCUT2D eigenvalue weighted by atomic mass is 9.61. The maximum absolute atomic E-state index is 9.34. The number of allylic oxidation sites excluding steroid dienone is 1. The van der Waals surface area contributed by atoms with E-state index >= 15 is 0 Å². The van der Waals surface area contributed by atoms with Gasteiger partial charge in [0.25, 0.3) is 0 Å². The second kappa shape index (κ2) is 3.93. The lowest BCUT2D eigenvalue weighted by Crippen LogP contribution is -2.36. The fourth-order valence-electron chi connectivity index (χ4n) is 4.23. The first-order valence-electron chi connectivity index (χ1n) is 6.38. The second-order valence-corrected chi connectivity index (χ2v) is 5.91. The van der Waals surface area contributed by atoms with Crippen LogP contribution in [0.3, 0.4) is 0 Å². The molecule has 1 nitrogen and oxygen atoms in total. The van der Waals surface area contributed by atoms with Crippen molar-refractivity contribution in [3.8, 4) is 0 Å². The van der Waals surface area contributed by atoms with Crippen LogP contribution in [-0.4, -0.2) is 11.7 Å². The molecule has 0 bridgehead atoms. The van der Waals surface area contributed by atoms with Gasteiger partial charge in [0, 0.05) is 6.61 Å². The molecule has 2 rings (SSSR count). The molecule has 1 unspecified atom stereocenters. The zero-order valence-electron chi connectivity index (χ0n) is 10.1. The van der Waals surface area contributed by atoms with Gasteiger partial charge in [-0.05, 0) is 55.3 Å². The zero-order valence-corrected chi connectivity index (χ0v) is 10.1. The Morgan fingerprint density at radius 1 is 1.53 bits per heavy atom. The van der Waals surface area contributed by atoms with E-state index in [1.807, 2.05) is 0 Å². The van der Waals surface area contributed by atoms with Crippen LogP contribution in [0.2, 0.25) is 0 Å². The van der Waals surface area contributed by atoms with E-state index in [0.29, 0.717) is 23.9 Å². The summed E-state index contributed by atoms with van der Waals surface area (Å²) in [5.74, 6) is 1.92. The molecule has 1 N–H and O–H groups in total. The smallest absolute Gasteiger partial charge is 0.0459 e. The molecule has 0 heterocycles. The van der Waals surface area contributed by atoms with Crippen molar-refractivity contribution in [2.45, 2.75) is 46.0 Å². The summed E-state index contributed by atoms with van der Waals surface area (Å²) in [7, 11) is 0. The predicted octanol–water partition coefficient (Wildman–Crippen LogP) is 3.39. The van der Waals surface area contributed by atoms with Gasteiger partial charge in [0.15, 0.2) is 0 Å². The maximum Gasteiger partial charge on any atom is 0.0459 e. The Morgan fingerprint density at radius 3 is 2.93 bits per heavy atom. The number of aliphatic hydroxyl groups excluding tert-OH is 1. The summed E-state index contributed by atoms with van der Waals surface area (Å²) in [6.45, 7) is 9.25. The quantitative estimate of drug-likeness (QED) is 0.690. The highest BCUT2D eigenvalue weighted by Gasteiger charge is 2.50. The van der Waals surface area contributed by atoms with Gasteiger partial charge >= 0.3 is 0 Å². The van der Waals surface area contributed by atoms with Crippen molar-refractivity contribution < 1.29 is 5.11 Å². The molecule has 2 aliphatic carbocycles. The van der Waals surface area contributed by atoms with Crippen LogP contribution >= 0.6 is 0 Å². The minimum absolute atomic E-state index is 0.347. The Hall–Kier alpha value is -0.300. The van der Waals surface area contributed by atoms with Crippen LogP contribution in [0.5, 0.6) is 0 Å². The molecule has 0 radical (unpaired) electrons. The van der Waals surface area contributed by atoms with E-state index in [9.17, 15) is 5.11 Å². The van der Waals surface area contributed by atoms with E-state index in [-0.39, 0.29) is 0 Å². The molecule has 0 aliphatic heterocycles. The lowest BCUT2D eigenvalue weighted by molar-refractivity contribution is 0.0692. The summed E-state index contributed by atoms with van der Waals surface area (Å²) < 4.78 is 0. The molecule has 0 aromatic rings. The largest absolute Gasteiger partial charge is 0.396 e. The van der Waals surface area contributed by atoms with Crippen molar-refractivity contribution >= 4 is 0 Å². The summed E-state index contributed by atoms with van der Waals surface area (Å²) in [6, 6.07) is 0. The van der Waals surface area contributed by atoms with Crippen LogP contribution in [0.4, 0.5) is 0 Å². The van der Waals surface area contributed by atoms with Crippen LogP contribution < -0.4 is 0 Å². The molecule has 86 valence electrons. The van der Waals surface area contributed by atoms with Gasteiger partial charge in [0.05, 0.1) is 0 Å². The van der Waals surface area contributed by atoms with Crippen molar-refractivity contribution in [1.82, 2.24) is 0 Å². The molecular formula is C14H24O. The number of fused-ring (bicyclic) bond motifs is 1. The molecule has 2 saturated carbocycles. The Morgan fingerprint density at radius 2 is 2.27 bits per heavy atom. The average Bonchev–Trinajstić information content (AvgIpc) is 2.56. The van der Waals surface area contributed by atoms with E-state index in [4.69, 9.17) is 0 Å². The molecule has 2 aliphatic rings. The van der Waals surface area contributed by atoms with Crippen LogP contribution in [0.1, 0.15) is 46.0 Å². The lowest BCUT2D eigenvalue weighted by Gasteiger charge is -2.43. The third-order valence-electron chi connectivity index (χ3n) is 5.09. The molecule has 1 heteroatoms. The predicted molar refractivity (Wildman–Crippen MR) is 63.6 cm³/mol. The van der Waals surface area contributed by atoms with Crippen molar-refractivity contribution in [3.05, 3.63) is 12.2 Å². The summed E-state index contributed by atoms with van der Waals surface area (Å²) in [5, 5.41) is 9.34. The normalized spacial score (nSPS) is 42.7. The van der Waals surface area contributed by atoms with E-state index < -0.39 is 0 Å². The molecule has 0 saturated heterocycles. The average molecular weight is 208 g/mol. The van der Waals surface area contributed by atoms with Crippen LogP contribution in [-0.2, 0) is 0 Å². The van der Waals surface area contributed by atoms with Crippen molar-refractivity contribution in [3.63, 3.8) is 0 Å². The van der Waals surface area contributed by atoms with Gasteiger partial charge in [-0.15, -0.1) is 0 Å². The highest BCUT2D eigenvalue weighted by atomic mass is 16.3. The number of hydrogen-bond donors (Lipinski definition) is 1. The molecule has 15 heavy (non-hydrogen) atoms. The Balaban J connectivity index is 2.21. The van der Waals surface area contributed by atoms with E-state index in [0.717, 1.165) is 5.92 Å². The number of rotatable bonds is 2. The summed E-state index contributed by atoms with van der Waals surface area (Å²) >= 11 is 0. The molecule has 0 aromatic heterocycles. The molecular weight excluding hydrogens is 184 g/mol. The van der Waals surface area contributed by atoms with Gasteiger partial charge in [-0.2, -0.15) is 0 Å². The van der Waals surface area contributed by atoms with Crippen LogP contribution in [0, 0.1) is 23.2 Å². The van der Waals surface area contributed by atoms with Crippen molar-refractivity contribution in [1.29, 1.82) is 0 Å². The number of hydrogen-bond acceptors (Lipinski definition) is 1. The first-order valence-corrected chi connectivity index (χ1v) is 6.38. The molecule has 4 atom stereocenters. The molecule has 0 aromatic carbocycles. The maximum atomic E-state index is 9.34. The minimum Gasteiger partial charge on any atom is -0.396 e. The van der Waals surface area contributed by atoms with Gasteiger partial charge < -0.3 is 5.11 Å². The topological polar surface area (TPSA) is 20.2 Å². The van der Waals surface area contributed by atoms with Gasteiger partial charge in [-0.25, -0.2) is 0 Å². The number of aliphatic hydroxyl groups is 1. The highest BCUT2D eigenvalue weighted by Crippen LogP contribution is 2.58. The first-order chi connectivity index (χ1) is 7.09. The Kier molecular flexibility index (Phi) is 2.94. The third kappa shape index (κ3) is 1.65. The van der Waals surface area contributed by atoms with E-state index in [1.54, 1.807) is 0 Å². The Bertz CT molecular complexity index is 258.